The van der Waals surface area contributed by atoms with Crippen molar-refractivity contribution < 1.29 is 9.52 Å². The third-order valence-electron chi connectivity index (χ3n) is 1.77. The fraction of sp³-hybridized carbons (Fsp3) is 0.125. The second kappa shape index (κ2) is 2.98. The van der Waals surface area contributed by atoms with E-state index in [1.165, 1.54) is 6.07 Å². The molecule has 0 aromatic carbocycles. The first-order valence-electron chi connectivity index (χ1n) is 3.78. The summed E-state index contributed by atoms with van der Waals surface area (Å²) in [5.41, 5.74) is 0.107. The van der Waals surface area contributed by atoms with Crippen LogP contribution >= 0.6 is 12.6 Å². The number of hydrogen-bond acceptors (Lipinski definition) is 6. The van der Waals surface area contributed by atoms with Gasteiger partial charge >= 0.3 is 5.63 Å². The van der Waals surface area contributed by atoms with Crippen LogP contribution in [0.5, 0.6) is 5.88 Å². The SMILES string of the molecule is Cc1cc(=O)oc2nc(S)nc(O)c12. The molecule has 72 valence electrons. The summed E-state index contributed by atoms with van der Waals surface area (Å²) in [6.07, 6.45) is 0. The van der Waals surface area contributed by atoms with Gasteiger partial charge < -0.3 is 9.52 Å². The van der Waals surface area contributed by atoms with Gasteiger partial charge in [0.1, 0.15) is 5.39 Å². The Morgan fingerprint density at radius 3 is 2.93 bits per heavy atom. The number of aromatic nitrogens is 2. The Balaban J connectivity index is 3.01. The van der Waals surface area contributed by atoms with Crippen LogP contribution in [-0.4, -0.2) is 15.1 Å². The van der Waals surface area contributed by atoms with Crippen molar-refractivity contribution in [1.82, 2.24) is 9.97 Å². The lowest BCUT2D eigenvalue weighted by molar-refractivity contribution is 0.448. The summed E-state index contributed by atoms with van der Waals surface area (Å²) in [7, 11) is 0. The summed E-state index contributed by atoms with van der Waals surface area (Å²) in [6, 6.07) is 1.27. The van der Waals surface area contributed by atoms with E-state index in [1.807, 2.05) is 0 Å². The van der Waals surface area contributed by atoms with Gasteiger partial charge in [-0.25, -0.2) is 4.79 Å². The number of thiol groups is 1. The Morgan fingerprint density at radius 1 is 1.50 bits per heavy atom. The molecule has 0 fully saturated rings. The minimum absolute atomic E-state index is 0.0486. The van der Waals surface area contributed by atoms with Crippen molar-refractivity contribution >= 4 is 23.7 Å². The zero-order chi connectivity index (χ0) is 10.3. The lowest BCUT2D eigenvalue weighted by Gasteiger charge is -2.01. The van der Waals surface area contributed by atoms with Gasteiger partial charge in [-0.2, -0.15) is 9.97 Å². The molecule has 2 aromatic rings. The van der Waals surface area contributed by atoms with Crippen LogP contribution in [-0.2, 0) is 0 Å². The van der Waals surface area contributed by atoms with Crippen LogP contribution in [0, 0.1) is 6.92 Å². The molecule has 0 aliphatic heterocycles. The van der Waals surface area contributed by atoms with Crippen molar-refractivity contribution in [2.45, 2.75) is 12.1 Å². The molecule has 0 bridgehead atoms. The average molecular weight is 210 g/mol. The lowest BCUT2D eigenvalue weighted by atomic mass is 10.2. The van der Waals surface area contributed by atoms with E-state index in [4.69, 9.17) is 4.42 Å². The minimum atomic E-state index is -0.513. The van der Waals surface area contributed by atoms with Gasteiger partial charge in [-0.15, -0.1) is 12.6 Å². The summed E-state index contributed by atoms with van der Waals surface area (Å²) in [4.78, 5) is 18.4. The van der Waals surface area contributed by atoms with Crippen molar-refractivity contribution in [3.05, 3.63) is 22.0 Å². The molecule has 0 radical (unpaired) electrons. The summed E-state index contributed by atoms with van der Waals surface area (Å²) < 4.78 is 4.79. The first kappa shape index (κ1) is 9.01. The highest BCUT2D eigenvalue weighted by molar-refractivity contribution is 7.80. The predicted molar refractivity (Wildman–Crippen MR) is 51.7 cm³/mol. The van der Waals surface area contributed by atoms with Crippen LogP contribution in [0.3, 0.4) is 0 Å². The summed E-state index contributed by atoms with van der Waals surface area (Å²) >= 11 is 3.85. The smallest absolute Gasteiger partial charge is 0.337 e. The summed E-state index contributed by atoms with van der Waals surface area (Å²) in [6.45, 7) is 1.67. The molecular formula is C8H6N2O3S. The molecule has 0 unspecified atom stereocenters. The predicted octanol–water partition coefficient (Wildman–Crippen LogP) is 0.886. The molecule has 0 saturated carbocycles. The Kier molecular flexibility index (Phi) is 1.92. The number of aryl methyl sites for hydroxylation is 1. The van der Waals surface area contributed by atoms with E-state index in [1.54, 1.807) is 6.92 Å². The summed E-state index contributed by atoms with van der Waals surface area (Å²) in [5.74, 6) is -0.235. The number of fused-ring (bicyclic) bond motifs is 1. The average Bonchev–Trinajstić information content (AvgIpc) is 1.99. The van der Waals surface area contributed by atoms with Gasteiger partial charge in [0.2, 0.25) is 11.6 Å². The molecule has 2 aromatic heterocycles. The van der Waals surface area contributed by atoms with Crippen molar-refractivity contribution in [2.24, 2.45) is 0 Å². The van der Waals surface area contributed by atoms with E-state index in [0.29, 0.717) is 10.9 Å². The number of hydrogen-bond donors (Lipinski definition) is 2. The van der Waals surface area contributed by atoms with Gasteiger partial charge in [-0.3, -0.25) is 0 Å². The van der Waals surface area contributed by atoms with E-state index in [-0.39, 0.29) is 16.7 Å². The molecule has 0 aliphatic carbocycles. The van der Waals surface area contributed by atoms with Crippen LogP contribution < -0.4 is 5.63 Å². The third-order valence-corrected chi connectivity index (χ3v) is 1.97. The maximum Gasteiger partial charge on any atom is 0.337 e. The van der Waals surface area contributed by atoms with Gasteiger partial charge in [0.15, 0.2) is 5.16 Å². The van der Waals surface area contributed by atoms with Crippen LogP contribution in [0.15, 0.2) is 20.4 Å². The second-order valence-electron chi connectivity index (χ2n) is 2.78. The zero-order valence-electron chi connectivity index (χ0n) is 7.18. The van der Waals surface area contributed by atoms with Crippen LogP contribution in [0.25, 0.3) is 11.1 Å². The van der Waals surface area contributed by atoms with Crippen molar-refractivity contribution in [3.8, 4) is 5.88 Å². The van der Waals surface area contributed by atoms with Gasteiger partial charge in [0.25, 0.3) is 0 Å². The molecule has 0 atom stereocenters. The molecule has 14 heavy (non-hydrogen) atoms. The lowest BCUT2D eigenvalue weighted by Crippen LogP contribution is -2.00. The largest absolute Gasteiger partial charge is 0.493 e. The molecule has 2 heterocycles. The van der Waals surface area contributed by atoms with Gasteiger partial charge in [0.05, 0.1) is 0 Å². The number of aromatic hydroxyl groups is 1. The quantitative estimate of drug-likeness (QED) is 0.498. The highest BCUT2D eigenvalue weighted by atomic mass is 32.1. The maximum atomic E-state index is 11.0. The summed E-state index contributed by atoms with van der Waals surface area (Å²) in [5, 5.41) is 9.86. The highest BCUT2D eigenvalue weighted by Gasteiger charge is 2.10. The number of rotatable bonds is 0. The molecule has 0 aliphatic rings. The normalized spacial score (nSPS) is 10.7. The third kappa shape index (κ3) is 1.33. The fourth-order valence-corrected chi connectivity index (χ4v) is 1.40. The Bertz CT molecular complexity index is 564. The molecule has 5 nitrogen and oxygen atoms in total. The van der Waals surface area contributed by atoms with Crippen LogP contribution in [0.1, 0.15) is 5.56 Å². The molecule has 2 rings (SSSR count). The molecule has 1 N–H and O–H groups in total. The Morgan fingerprint density at radius 2 is 2.21 bits per heavy atom. The molecule has 6 heteroatoms. The van der Waals surface area contributed by atoms with Crippen LogP contribution in [0.2, 0.25) is 0 Å². The van der Waals surface area contributed by atoms with E-state index < -0.39 is 5.63 Å². The topological polar surface area (TPSA) is 76.2 Å². The standard InChI is InChI=1S/C8H6N2O3S/c1-3-2-4(11)13-7-5(3)6(12)9-8(14)10-7/h2H,1H3,(H2,9,10,12,14). The van der Waals surface area contributed by atoms with Crippen molar-refractivity contribution in [1.29, 1.82) is 0 Å². The van der Waals surface area contributed by atoms with Gasteiger partial charge in [-0.1, -0.05) is 0 Å². The molecule has 0 spiro atoms. The van der Waals surface area contributed by atoms with Gasteiger partial charge in [-0.05, 0) is 12.5 Å². The first-order chi connectivity index (χ1) is 6.58. The second-order valence-corrected chi connectivity index (χ2v) is 3.18. The number of nitrogens with zero attached hydrogens (tertiary/aromatic N) is 2. The monoisotopic (exact) mass is 210 g/mol. The van der Waals surface area contributed by atoms with E-state index in [9.17, 15) is 9.90 Å². The van der Waals surface area contributed by atoms with Crippen molar-refractivity contribution in [3.63, 3.8) is 0 Å². The Hall–Kier alpha value is -1.56. The van der Waals surface area contributed by atoms with E-state index >= 15 is 0 Å². The molecule has 0 amide bonds. The molecule has 0 saturated heterocycles. The van der Waals surface area contributed by atoms with E-state index in [2.05, 4.69) is 22.6 Å². The minimum Gasteiger partial charge on any atom is -0.493 e. The Labute approximate surface area is 83.8 Å². The highest BCUT2D eigenvalue weighted by Crippen LogP contribution is 2.23. The fourth-order valence-electron chi connectivity index (χ4n) is 1.21. The van der Waals surface area contributed by atoms with Crippen molar-refractivity contribution in [2.75, 3.05) is 0 Å². The van der Waals surface area contributed by atoms with Gasteiger partial charge in [0, 0.05) is 6.07 Å². The maximum absolute atomic E-state index is 11.0. The first-order valence-corrected chi connectivity index (χ1v) is 4.23. The van der Waals surface area contributed by atoms with E-state index in [0.717, 1.165) is 0 Å². The zero-order valence-corrected chi connectivity index (χ0v) is 8.08. The molecular weight excluding hydrogens is 204 g/mol. The van der Waals surface area contributed by atoms with Crippen LogP contribution in [0.4, 0.5) is 0 Å².